The van der Waals surface area contributed by atoms with Gasteiger partial charge >= 0.3 is 0 Å². The van der Waals surface area contributed by atoms with Crippen LogP contribution in [-0.2, 0) is 0 Å². The summed E-state index contributed by atoms with van der Waals surface area (Å²) in [6.07, 6.45) is 0. The van der Waals surface area contributed by atoms with Crippen molar-refractivity contribution in [2.75, 3.05) is 24.9 Å². The van der Waals surface area contributed by atoms with E-state index in [2.05, 4.69) is 26.7 Å². The molecule has 0 spiro atoms. The van der Waals surface area contributed by atoms with Gasteiger partial charge in [0.05, 0.1) is 30.6 Å². The minimum absolute atomic E-state index is 0.462. The second kappa shape index (κ2) is 8.35. The molecule has 0 bridgehead atoms. The van der Waals surface area contributed by atoms with Crippen LogP contribution < -0.4 is 20.1 Å². The molecule has 1 aromatic heterocycles. The van der Waals surface area contributed by atoms with Crippen molar-refractivity contribution in [3.63, 3.8) is 0 Å². The molecule has 0 saturated carbocycles. The predicted molar refractivity (Wildman–Crippen MR) is 114 cm³/mol. The Morgan fingerprint density at radius 2 is 1.68 bits per heavy atom. The fraction of sp³-hybridized carbons (Fsp3) is 0.238. The lowest BCUT2D eigenvalue weighted by atomic mass is 10.1. The number of benzene rings is 2. The Morgan fingerprint density at radius 3 is 2.36 bits per heavy atom. The van der Waals surface area contributed by atoms with E-state index in [9.17, 15) is 0 Å². The minimum atomic E-state index is 0.462. The van der Waals surface area contributed by atoms with Crippen LogP contribution in [0.4, 0.5) is 23.1 Å². The first-order valence-electron chi connectivity index (χ1n) is 8.78. The smallest absolute Gasteiger partial charge is 0.229 e. The van der Waals surface area contributed by atoms with Gasteiger partial charge in [-0.25, -0.2) is 4.98 Å². The summed E-state index contributed by atoms with van der Waals surface area (Å²) in [4.78, 5) is 9.04. The maximum atomic E-state index is 6.40. The van der Waals surface area contributed by atoms with Gasteiger partial charge in [0, 0.05) is 17.8 Å². The fourth-order valence-corrected chi connectivity index (χ4v) is 3.28. The molecule has 7 heteroatoms. The van der Waals surface area contributed by atoms with Crippen molar-refractivity contribution < 1.29 is 9.47 Å². The molecule has 2 N–H and O–H groups in total. The lowest BCUT2D eigenvalue weighted by Crippen LogP contribution is -2.04. The first-order valence-corrected chi connectivity index (χ1v) is 9.16. The Balaban J connectivity index is 1.91. The molecule has 0 saturated heterocycles. The van der Waals surface area contributed by atoms with E-state index in [1.807, 2.05) is 51.1 Å². The number of ether oxygens (including phenoxy) is 2. The molecule has 0 radical (unpaired) electrons. The standard InChI is InChI=1S/C21H23ClN4O2/c1-12-8-13(2)20(16(22)9-12)26-21-23-14(3)10-19(25-21)24-17-7-6-15(27-4)11-18(17)28-5/h6-11H,1-5H3,(H2,23,24,25,26). The molecule has 146 valence electrons. The summed E-state index contributed by atoms with van der Waals surface area (Å²) in [5, 5.41) is 7.14. The topological polar surface area (TPSA) is 68.3 Å². The summed E-state index contributed by atoms with van der Waals surface area (Å²) in [5.41, 5.74) is 4.52. The minimum Gasteiger partial charge on any atom is -0.497 e. The molecule has 0 aliphatic heterocycles. The highest BCUT2D eigenvalue weighted by Crippen LogP contribution is 2.32. The first kappa shape index (κ1) is 19.8. The van der Waals surface area contributed by atoms with Gasteiger partial charge in [-0.3, -0.25) is 0 Å². The zero-order valence-electron chi connectivity index (χ0n) is 16.6. The van der Waals surface area contributed by atoms with Gasteiger partial charge in [0.1, 0.15) is 17.3 Å². The molecule has 1 heterocycles. The summed E-state index contributed by atoms with van der Waals surface area (Å²) in [6.45, 7) is 5.92. The summed E-state index contributed by atoms with van der Waals surface area (Å²) < 4.78 is 10.7. The SMILES string of the molecule is COc1ccc(Nc2cc(C)nc(Nc3c(C)cc(C)cc3Cl)n2)c(OC)c1. The van der Waals surface area contributed by atoms with Crippen molar-refractivity contribution in [2.45, 2.75) is 20.8 Å². The maximum absolute atomic E-state index is 6.40. The van der Waals surface area contributed by atoms with Crippen molar-refractivity contribution in [3.05, 3.63) is 58.2 Å². The number of halogens is 1. The van der Waals surface area contributed by atoms with Crippen LogP contribution in [0, 0.1) is 20.8 Å². The van der Waals surface area contributed by atoms with Crippen molar-refractivity contribution in [1.82, 2.24) is 9.97 Å². The normalized spacial score (nSPS) is 10.5. The second-order valence-corrected chi connectivity index (χ2v) is 6.88. The molecule has 6 nitrogen and oxygen atoms in total. The lowest BCUT2D eigenvalue weighted by Gasteiger charge is -2.15. The van der Waals surface area contributed by atoms with E-state index in [4.69, 9.17) is 21.1 Å². The van der Waals surface area contributed by atoms with Crippen molar-refractivity contribution in [1.29, 1.82) is 0 Å². The van der Waals surface area contributed by atoms with Crippen LogP contribution in [0.1, 0.15) is 16.8 Å². The van der Waals surface area contributed by atoms with Gasteiger partial charge in [-0.1, -0.05) is 17.7 Å². The number of methoxy groups -OCH3 is 2. The van der Waals surface area contributed by atoms with E-state index in [-0.39, 0.29) is 0 Å². The van der Waals surface area contributed by atoms with Crippen LogP contribution in [0.3, 0.4) is 0 Å². The molecule has 0 fully saturated rings. The predicted octanol–water partition coefficient (Wildman–Crippen LogP) is 5.56. The van der Waals surface area contributed by atoms with Gasteiger partial charge in [-0.2, -0.15) is 4.98 Å². The molecule has 0 aliphatic carbocycles. The largest absolute Gasteiger partial charge is 0.497 e. The molecular formula is C21H23ClN4O2. The van der Waals surface area contributed by atoms with Crippen LogP contribution in [0.5, 0.6) is 11.5 Å². The van der Waals surface area contributed by atoms with E-state index < -0.39 is 0 Å². The number of rotatable bonds is 6. The van der Waals surface area contributed by atoms with Crippen LogP contribution in [0.2, 0.25) is 5.02 Å². The van der Waals surface area contributed by atoms with Gasteiger partial charge < -0.3 is 20.1 Å². The van der Waals surface area contributed by atoms with Crippen LogP contribution in [0.15, 0.2) is 36.4 Å². The highest BCUT2D eigenvalue weighted by Gasteiger charge is 2.11. The number of nitrogens with zero attached hydrogens (tertiary/aromatic N) is 2. The maximum Gasteiger partial charge on any atom is 0.229 e. The number of hydrogen-bond acceptors (Lipinski definition) is 6. The molecule has 3 aromatic rings. The third-order valence-electron chi connectivity index (χ3n) is 4.19. The average molecular weight is 399 g/mol. The first-order chi connectivity index (χ1) is 13.4. The second-order valence-electron chi connectivity index (χ2n) is 6.47. The number of aryl methyl sites for hydroxylation is 3. The molecule has 0 atom stereocenters. The number of hydrogen-bond donors (Lipinski definition) is 2. The molecule has 0 aliphatic rings. The highest BCUT2D eigenvalue weighted by molar-refractivity contribution is 6.33. The fourth-order valence-electron chi connectivity index (χ4n) is 2.91. The Hall–Kier alpha value is -2.99. The van der Waals surface area contributed by atoms with Gasteiger partial charge in [-0.05, 0) is 50.1 Å². The van der Waals surface area contributed by atoms with E-state index in [1.54, 1.807) is 14.2 Å². The van der Waals surface area contributed by atoms with Crippen molar-refractivity contribution in [3.8, 4) is 11.5 Å². The molecule has 0 unspecified atom stereocenters. The highest BCUT2D eigenvalue weighted by atomic mass is 35.5. The quantitative estimate of drug-likeness (QED) is 0.566. The Morgan fingerprint density at radius 1 is 0.893 bits per heavy atom. The van der Waals surface area contributed by atoms with Gasteiger partial charge in [0.2, 0.25) is 5.95 Å². The Kier molecular flexibility index (Phi) is 5.90. The Labute approximate surface area is 169 Å². The molecule has 3 rings (SSSR count). The van der Waals surface area contributed by atoms with E-state index in [1.165, 1.54) is 0 Å². The number of aromatic nitrogens is 2. The van der Waals surface area contributed by atoms with Gasteiger partial charge in [-0.15, -0.1) is 0 Å². The average Bonchev–Trinajstić information content (AvgIpc) is 2.64. The summed E-state index contributed by atoms with van der Waals surface area (Å²) in [7, 11) is 3.23. The van der Waals surface area contributed by atoms with E-state index in [0.717, 1.165) is 28.2 Å². The summed E-state index contributed by atoms with van der Waals surface area (Å²) in [5.74, 6) is 2.47. The third-order valence-corrected chi connectivity index (χ3v) is 4.49. The zero-order chi connectivity index (χ0) is 20.3. The molecular weight excluding hydrogens is 376 g/mol. The zero-order valence-corrected chi connectivity index (χ0v) is 17.3. The number of nitrogens with one attached hydrogen (secondary N) is 2. The summed E-state index contributed by atoms with van der Waals surface area (Å²) in [6, 6.07) is 11.4. The molecule has 2 aromatic carbocycles. The van der Waals surface area contributed by atoms with Crippen LogP contribution in [-0.4, -0.2) is 24.2 Å². The summed E-state index contributed by atoms with van der Waals surface area (Å²) >= 11 is 6.40. The number of anilines is 4. The monoisotopic (exact) mass is 398 g/mol. The van der Waals surface area contributed by atoms with E-state index in [0.29, 0.717) is 28.3 Å². The van der Waals surface area contributed by atoms with Crippen LogP contribution in [0.25, 0.3) is 0 Å². The van der Waals surface area contributed by atoms with Crippen molar-refractivity contribution in [2.24, 2.45) is 0 Å². The lowest BCUT2D eigenvalue weighted by molar-refractivity contribution is 0.395. The Bertz CT molecular complexity index is 985. The van der Waals surface area contributed by atoms with E-state index >= 15 is 0 Å². The van der Waals surface area contributed by atoms with Gasteiger partial charge in [0.15, 0.2) is 0 Å². The van der Waals surface area contributed by atoms with Crippen molar-refractivity contribution >= 4 is 34.7 Å². The molecule has 28 heavy (non-hydrogen) atoms. The molecule has 0 amide bonds. The third kappa shape index (κ3) is 4.46. The van der Waals surface area contributed by atoms with Gasteiger partial charge in [0.25, 0.3) is 0 Å². The van der Waals surface area contributed by atoms with Crippen LogP contribution >= 0.6 is 11.6 Å².